The molecular weight excluding hydrogens is 140 g/mol. The third kappa shape index (κ3) is 5.01. The number of carbonyl (C=O) groups is 2. The Bertz CT molecular complexity index is 135. The highest BCUT2D eigenvalue weighted by molar-refractivity contribution is 5.77. The van der Waals surface area contributed by atoms with Crippen molar-refractivity contribution in [3.63, 3.8) is 0 Å². The molecule has 0 atom stereocenters. The maximum absolute atomic E-state index is 10.2. The molecule has 6 nitrogen and oxygen atoms in total. The van der Waals surface area contributed by atoms with Crippen LogP contribution in [0.2, 0.25) is 0 Å². The average molecular weight is 148 g/mol. The second-order valence-electron chi connectivity index (χ2n) is 1.41. The first-order valence-corrected chi connectivity index (χ1v) is 2.49. The van der Waals surface area contributed by atoms with E-state index in [9.17, 15) is 9.59 Å². The zero-order valence-electron chi connectivity index (χ0n) is 5.16. The molecule has 1 amide bonds. The molecule has 0 unspecified atom stereocenters. The van der Waals surface area contributed by atoms with Crippen LogP contribution in [0.5, 0.6) is 0 Å². The minimum Gasteiger partial charge on any atom is -0.479 e. The van der Waals surface area contributed by atoms with Crippen LogP contribution in [0.25, 0.3) is 0 Å². The highest BCUT2D eigenvalue weighted by atomic mass is 16.7. The Balaban J connectivity index is 3.20. The van der Waals surface area contributed by atoms with Crippen LogP contribution in [0.1, 0.15) is 0 Å². The van der Waals surface area contributed by atoms with Gasteiger partial charge in [0.15, 0.2) is 6.61 Å². The van der Waals surface area contributed by atoms with E-state index in [2.05, 4.69) is 4.84 Å². The van der Waals surface area contributed by atoms with E-state index in [0.717, 1.165) is 0 Å². The predicted octanol–water partition coefficient (Wildman–Crippen LogP) is -1.92. The second kappa shape index (κ2) is 4.71. The standard InChI is InChI=1S/C4H8N2O4/c5-1-3(7)6-10-2-4(8)9/h1-2,5H2,(H,6,7)(H,8,9). The minimum atomic E-state index is -1.16. The summed E-state index contributed by atoms with van der Waals surface area (Å²) >= 11 is 0. The van der Waals surface area contributed by atoms with E-state index in [-0.39, 0.29) is 6.54 Å². The van der Waals surface area contributed by atoms with Crippen LogP contribution < -0.4 is 11.2 Å². The van der Waals surface area contributed by atoms with Crippen molar-refractivity contribution in [2.75, 3.05) is 13.2 Å². The van der Waals surface area contributed by atoms with Gasteiger partial charge in [0.25, 0.3) is 5.91 Å². The van der Waals surface area contributed by atoms with Crippen molar-refractivity contribution < 1.29 is 19.5 Å². The van der Waals surface area contributed by atoms with Crippen LogP contribution in [0.15, 0.2) is 0 Å². The number of rotatable bonds is 4. The van der Waals surface area contributed by atoms with Gasteiger partial charge in [-0.2, -0.15) is 0 Å². The fraction of sp³-hybridized carbons (Fsp3) is 0.500. The fourth-order valence-electron chi connectivity index (χ4n) is 0.220. The number of carbonyl (C=O) groups excluding carboxylic acids is 1. The Hall–Kier alpha value is -1.14. The summed E-state index contributed by atoms with van der Waals surface area (Å²) in [6, 6.07) is 0. The van der Waals surface area contributed by atoms with Crippen molar-refractivity contribution in [2.45, 2.75) is 0 Å². The highest BCUT2D eigenvalue weighted by Crippen LogP contribution is 1.67. The molecule has 0 saturated carbocycles. The van der Waals surface area contributed by atoms with E-state index < -0.39 is 18.5 Å². The van der Waals surface area contributed by atoms with Crippen LogP contribution in [0.4, 0.5) is 0 Å². The Morgan fingerprint density at radius 3 is 2.60 bits per heavy atom. The number of aliphatic carboxylic acids is 1. The number of nitrogens with two attached hydrogens (primary N) is 1. The van der Waals surface area contributed by atoms with E-state index in [1.165, 1.54) is 0 Å². The lowest BCUT2D eigenvalue weighted by molar-refractivity contribution is -0.148. The van der Waals surface area contributed by atoms with Crippen molar-refractivity contribution in [2.24, 2.45) is 5.73 Å². The van der Waals surface area contributed by atoms with Crippen molar-refractivity contribution in [1.82, 2.24) is 5.48 Å². The van der Waals surface area contributed by atoms with Gasteiger partial charge in [-0.3, -0.25) is 9.63 Å². The summed E-state index contributed by atoms with van der Waals surface area (Å²) in [7, 11) is 0. The second-order valence-corrected chi connectivity index (χ2v) is 1.41. The van der Waals surface area contributed by atoms with E-state index >= 15 is 0 Å². The SMILES string of the molecule is NCC(=O)NOCC(=O)O. The Labute approximate surface area is 56.9 Å². The van der Waals surface area contributed by atoms with Crippen molar-refractivity contribution in [3.05, 3.63) is 0 Å². The van der Waals surface area contributed by atoms with Gasteiger partial charge in [-0.05, 0) is 0 Å². The summed E-state index contributed by atoms with van der Waals surface area (Å²) in [5.74, 6) is -1.71. The first-order valence-electron chi connectivity index (χ1n) is 2.49. The molecule has 10 heavy (non-hydrogen) atoms. The lowest BCUT2D eigenvalue weighted by atomic mass is 10.6. The molecule has 0 aromatic carbocycles. The van der Waals surface area contributed by atoms with Gasteiger partial charge in [0.2, 0.25) is 0 Å². The lowest BCUT2D eigenvalue weighted by Crippen LogP contribution is -2.31. The molecule has 0 aliphatic carbocycles. The van der Waals surface area contributed by atoms with Crippen LogP contribution in [0, 0.1) is 0 Å². The summed E-state index contributed by atoms with van der Waals surface area (Å²) in [6.45, 7) is -0.786. The van der Waals surface area contributed by atoms with Gasteiger partial charge < -0.3 is 10.8 Å². The molecule has 0 heterocycles. The highest BCUT2D eigenvalue weighted by Gasteiger charge is 1.98. The van der Waals surface area contributed by atoms with Crippen LogP contribution in [-0.4, -0.2) is 30.1 Å². The molecule has 58 valence electrons. The molecule has 0 aromatic heterocycles. The molecule has 0 bridgehead atoms. The molecule has 0 aliphatic heterocycles. The molecule has 0 rings (SSSR count). The molecule has 4 N–H and O–H groups in total. The van der Waals surface area contributed by atoms with E-state index in [4.69, 9.17) is 10.8 Å². The normalized spacial score (nSPS) is 8.90. The lowest BCUT2D eigenvalue weighted by Gasteiger charge is -1.99. The van der Waals surface area contributed by atoms with E-state index in [1.54, 1.807) is 0 Å². The van der Waals surface area contributed by atoms with Crippen LogP contribution >= 0.6 is 0 Å². The minimum absolute atomic E-state index is 0.223. The molecule has 0 saturated heterocycles. The van der Waals surface area contributed by atoms with Gasteiger partial charge >= 0.3 is 5.97 Å². The molecule has 6 heteroatoms. The summed E-state index contributed by atoms with van der Waals surface area (Å²) in [5, 5.41) is 7.99. The molecule has 0 aromatic rings. The van der Waals surface area contributed by atoms with Gasteiger partial charge in [-0.25, -0.2) is 10.3 Å². The number of carboxylic acids is 1. The largest absolute Gasteiger partial charge is 0.479 e. The Morgan fingerprint density at radius 1 is 1.60 bits per heavy atom. The third-order valence-electron chi connectivity index (χ3n) is 0.567. The average Bonchev–Trinajstić information content (AvgIpc) is 1.87. The maximum atomic E-state index is 10.2. The summed E-state index contributed by atoms with van der Waals surface area (Å²) in [6.07, 6.45) is 0. The van der Waals surface area contributed by atoms with Gasteiger partial charge in [0, 0.05) is 0 Å². The number of carboxylic acid groups (broad SMARTS) is 1. The monoisotopic (exact) mass is 148 g/mol. The first kappa shape index (κ1) is 8.86. The Kier molecular flexibility index (Phi) is 4.17. The number of nitrogens with one attached hydrogen (secondary N) is 1. The zero-order chi connectivity index (χ0) is 7.98. The summed E-state index contributed by atoms with van der Waals surface area (Å²) in [5.41, 5.74) is 6.67. The van der Waals surface area contributed by atoms with Gasteiger partial charge in [0.1, 0.15) is 0 Å². The maximum Gasteiger partial charge on any atom is 0.332 e. The molecule has 0 fully saturated rings. The molecule has 0 spiro atoms. The third-order valence-corrected chi connectivity index (χ3v) is 0.567. The quantitative estimate of drug-likeness (QED) is 0.403. The van der Waals surface area contributed by atoms with Crippen molar-refractivity contribution in [1.29, 1.82) is 0 Å². The van der Waals surface area contributed by atoms with E-state index in [1.807, 2.05) is 5.48 Å². The van der Waals surface area contributed by atoms with Crippen LogP contribution in [-0.2, 0) is 14.4 Å². The molecule has 0 radical (unpaired) electrons. The van der Waals surface area contributed by atoms with Gasteiger partial charge in [-0.1, -0.05) is 0 Å². The number of amides is 1. The fourth-order valence-corrected chi connectivity index (χ4v) is 0.220. The number of hydroxylamine groups is 1. The van der Waals surface area contributed by atoms with Gasteiger partial charge in [-0.15, -0.1) is 0 Å². The molecule has 0 aliphatic rings. The Morgan fingerprint density at radius 2 is 2.20 bits per heavy atom. The van der Waals surface area contributed by atoms with Crippen molar-refractivity contribution >= 4 is 11.9 Å². The van der Waals surface area contributed by atoms with E-state index in [0.29, 0.717) is 0 Å². The molecular formula is C4H8N2O4. The number of hydrogen-bond donors (Lipinski definition) is 3. The van der Waals surface area contributed by atoms with Gasteiger partial charge in [0.05, 0.1) is 6.54 Å². The summed E-state index contributed by atoms with van der Waals surface area (Å²) < 4.78 is 0. The number of hydrogen-bond acceptors (Lipinski definition) is 4. The topological polar surface area (TPSA) is 102 Å². The first-order chi connectivity index (χ1) is 4.66. The van der Waals surface area contributed by atoms with Crippen LogP contribution in [0.3, 0.4) is 0 Å². The zero-order valence-corrected chi connectivity index (χ0v) is 5.16. The van der Waals surface area contributed by atoms with Crippen molar-refractivity contribution in [3.8, 4) is 0 Å². The smallest absolute Gasteiger partial charge is 0.332 e. The predicted molar refractivity (Wildman–Crippen MR) is 30.8 cm³/mol. The summed E-state index contributed by atoms with van der Waals surface area (Å²) in [4.78, 5) is 24.2.